The van der Waals surface area contributed by atoms with Crippen LogP contribution in [0, 0.1) is 13.8 Å². The fourth-order valence-corrected chi connectivity index (χ4v) is 2.34. The third kappa shape index (κ3) is 5.49. The molecule has 2 rings (SSSR count). The number of ether oxygens (including phenoxy) is 1. The number of carbonyl (C=O) groups is 1. The summed E-state index contributed by atoms with van der Waals surface area (Å²) in [5.74, 6) is 0.488. The second kappa shape index (κ2) is 8.68. The van der Waals surface area contributed by atoms with Crippen LogP contribution in [0.2, 0.25) is 0 Å². The van der Waals surface area contributed by atoms with Gasteiger partial charge in [-0.3, -0.25) is 9.59 Å². The molecule has 0 atom stereocenters. The lowest BCUT2D eigenvalue weighted by molar-refractivity contribution is -0.116. The molecule has 0 saturated carbocycles. The van der Waals surface area contributed by atoms with Crippen molar-refractivity contribution < 1.29 is 9.53 Å². The highest BCUT2D eigenvalue weighted by molar-refractivity contribution is 5.91. The van der Waals surface area contributed by atoms with E-state index in [1.807, 2.05) is 44.2 Å². The van der Waals surface area contributed by atoms with Gasteiger partial charge in [-0.2, -0.15) is 0 Å². The first-order valence-electron chi connectivity index (χ1n) is 7.98. The van der Waals surface area contributed by atoms with E-state index in [1.54, 1.807) is 12.2 Å². The predicted molar refractivity (Wildman–Crippen MR) is 99.6 cm³/mol. The maximum Gasteiger partial charge on any atom is 0.253 e. The fourth-order valence-electron chi connectivity index (χ4n) is 2.34. The average molecular weight is 338 g/mol. The lowest BCUT2D eigenvalue weighted by Crippen LogP contribution is -2.26. The molecule has 1 heterocycles. The van der Waals surface area contributed by atoms with Crippen LogP contribution < -0.4 is 15.6 Å². The Kier molecular flexibility index (Phi) is 6.34. The Labute approximate surface area is 147 Å². The number of aryl methyl sites for hydroxylation is 2. The van der Waals surface area contributed by atoms with Crippen molar-refractivity contribution >= 4 is 12.0 Å². The highest BCUT2D eigenvalue weighted by Gasteiger charge is 2.06. The van der Waals surface area contributed by atoms with Crippen LogP contribution in [-0.4, -0.2) is 17.5 Å². The lowest BCUT2D eigenvalue weighted by Gasteiger charge is -2.06. The molecule has 0 bridgehead atoms. The van der Waals surface area contributed by atoms with E-state index in [4.69, 9.17) is 4.74 Å². The van der Waals surface area contributed by atoms with Gasteiger partial charge in [0.1, 0.15) is 12.4 Å². The number of pyridine rings is 1. The second-order valence-corrected chi connectivity index (χ2v) is 5.66. The summed E-state index contributed by atoms with van der Waals surface area (Å²) in [4.78, 5) is 26.6. The molecule has 0 aliphatic heterocycles. The van der Waals surface area contributed by atoms with Gasteiger partial charge in [0.05, 0.1) is 0 Å². The summed E-state index contributed by atoms with van der Waals surface area (Å²) in [7, 11) is 0. The Bertz CT molecular complexity index is 833. The first-order chi connectivity index (χ1) is 12.0. The maximum atomic E-state index is 11.9. The van der Waals surface area contributed by atoms with Crippen LogP contribution in [0.5, 0.6) is 5.75 Å². The summed E-state index contributed by atoms with van der Waals surface area (Å²) in [6.45, 7) is 7.92. The molecule has 1 aromatic carbocycles. The molecule has 0 fully saturated rings. The molecule has 0 aliphatic rings. The zero-order valence-electron chi connectivity index (χ0n) is 14.5. The smallest absolute Gasteiger partial charge is 0.253 e. The van der Waals surface area contributed by atoms with Crippen molar-refractivity contribution in [1.29, 1.82) is 0 Å². The molecule has 5 nitrogen and oxygen atoms in total. The molecule has 0 spiro atoms. The van der Waals surface area contributed by atoms with E-state index in [9.17, 15) is 9.59 Å². The van der Waals surface area contributed by atoms with Crippen molar-refractivity contribution in [2.45, 2.75) is 20.4 Å². The summed E-state index contributed by atoms with van der Waals surface area (Å²) < 4.78 is 5.40. The van der Waals surface area contributed by atoms with E-state index in [1.165, 1.54) is 6.08 Å². The number of hydrogen-bond acceptors (Lipinski definition) is 3. The predicted octanol–water partition coefficient (Wildman–Crippen LogP) is 2.89. The van der Waals surface area contributed by atoms with Crippen LogP contribution in [0.25, 0.3) is 6.08 Å². The van der Waals surface area contributed by atoms with Gasteiger partial charge in [0.2, 0.25) is 5.91 Å². The molecule has 130 valence electrons. The van der Waals surface area contributed by atoms with E-state index in [-0.39, 0.29) is 18.0 Å². The van der Waals surface area contributed by atoms with Crippen LogP contribution in [-0.2, 0) is 11.3 Å². The second-order valence-electron chi connectivity index (χ2n) is 5.66. The molecular formula is C20H22N2O3. The molecule has 1 amide bonds. The molecular weight excluding hydrogens is 316 g/mol. The summed E-state index contributed by atoms with van der Waals surface area (Å²) in [6, 6.07) is 9.26. The first-order valence-corrected chi connectivity index (χ1v) is 7.98. The Morgan fingerprint density at radius 3 is 2.64 bits per heavy atom. The number of hydrogen-bond donors (Lipinski definition) is 2. The van der Waals surface area contributed by atoms with Crippen LogP contribution in [0.3, 0.4) is 0 Å². The standard InChI is InChI=1S/C20H22N2O3/c1-4-11-25-17-8-5-16(6-9-17)7-10-19(23)21-13-18-14(2)12-15(3)22-20(18)24/h4-10,12H,1,11,13H2,2-3H3,(H,21,23)(H,22,24)/b10-7+. The largest absolute Gasteiger partial charge is 0.490 e. The number of aromatic amines is 1. The van der Waals surface area contributed by atoms with Crippen LogP contribution in [0.1, 0.15) is 22.4 Å². The van der Waals surface area contributed by atoms with Crippen molar-refractivity contribution in [1.82, 2.24) is 10.3 Å². The van der Waals surface area contributed by atoms with Gasteiger partial charge in [0.25, 0.3) is 5.56 Å². The molecule has 0 radical (unpaired) electrons. The lowest BCUT2D eigenvalue weighted by atomic mass is 10.1. The summed E-state index contributed by atoms with van der Waals surface area (Å²) in [6.07, 6.45) is 4.83. The number of carbonyl (C=O) groups excluding carboxylic acids is 1. The molecule has 25 heavy (non-hydrogen) atoms. The molecule has 0 aliphatic carbocycles. The highest BCUT2D eigenvalue weighted by atomic mass is 16.5. The van der Waals surface area contributed by atoms with Crippen LogP contribution in [0.15, 0.2) is 53.9 Å². The zero-order valence-corrected chi connectivity index (χ0v) is 14.5. The molecule has 1 aromatic heterocycles. The normalized spacial score (nSPS) is 10.6. The summed E-state index contributed by atoms with van der Waals surface area (Å²) >= 11 is 0. The third-order valence-corrected chi connectivity index (χ3v) is 3.61. The van der Waals surface area contributed by atoms with Gasteiger partial charge in [0.15, 0.2) is 0 Å². The number of H-pyrrole nitrogens is 1. The van der Waals surface area contributed by atoms with Gasteiger partial charge in [-0.1, -0.05) is 24.8 Å². The number of aromatic nitrogens is 1. The van der Waals surface area contributed by atoms with Gasteiger partial charge < -0.3 is 15.0 Å². The first kappa shape index (κ1) is 18.3. The van der Waals surface area contributed by atoms with Crippen molar-refractivity contribution in [2.75, 3.05) is 6.61 Å². The number of rotatable bonds is 7. The molecule has 2 N–H and O–H groups in total. The van der Waals surface area contributed by atoms with E-state index in [2.05, 4.69) is 16.9 Å². The Morgan fingerprint density at radius 1 is 1.28 bits per heavy atom. The van der Waals surface area contributed by atoms with Gasteiger partial charge in [-0.25, -0.2) is 0 Å². The maximum absolute atomic E-state index is 11.9. The monoisotopic (exact) mass is 338 g/mol. The number of nitrogens with one attached hydrogen (secondary N) is 2. The van der Waals surface area contributed by atoms with E-state index in [0.717, 1.165) is 22.6 Å². The van der Waals surface area contributed by atoms with Crippen LogP contribution >= 0.6 is 0 Å². The Balaban J connectivity index is 1.93. The van der Waals surface area contributed by atoms with Gasteiger partial charge in [-0.05, 0) is 49.2 Å². The number of benzene rings is 1. The minimum atomic E-state index is -0.258. The number of amides is 1. The van der Waals surface area contributed by atoms with E-state index in [0.29, 0.717) is 12.2 Å². The van der Waals surface area contributed by atoms with Crippen molar-refractivity contribution in [2.24, 2.45) is 0 Å². The molecule has 2 aromatic rings. The van der Waals surface area contributed by atoms with E-state index >= 15 is 0 Å². The van der Waals surface area contributed by atoms with Gasteiger partial charge in [0, 0.05) is 23.9 Å². The van der Waals surface area contributed by atoms with Crippen molar-refractivity contribution in [3.63, 3.8) is 0 Å². The summed E-state index contributed by atoms with van der Waals surface area (Å²) in [5.41, 5.74) is 2.94. The zero-order chi connectivity index (χ0) is 18.2. The SMILES string of the molecule is C=CCOc1ccc(/C=C/C(=O)NCc2c(C)cc(C)[nH]c2=O)cc1. The molecule has 0 unspecified atom stereocenters. The highest BCUT2D eigenvalue weighted by Crippen LogP contribution is 2.13. The van der Waals surface area contributed by atoms with Gasteiger partial charge in [-0.15, -0.1) is 0 Å². The van der Waals surface area contributed by atoms with Crippen LogP contribution in [0.4, 0.5) is 0 Å². The average Bonchev–Trinajstić information content (AvgIpc) is 2.58. The minimum absolute atomic E-state index is 0.170. The quantitative estimate of drug-likeness (QED) is 0.602. The summed E-state index contributed by atoms with van der Waals surface area (Å²) in [5, 5.41) is 2.73. The van der Waals surface area contributed by atoms with E-state index < -0.39 is 0 Å². The minimum Gasteiger partial charge on any atom is -0.490 e. The topological polar surface area (TPSA) is 71.2 Å². The molecule has 0 saturated heterocycles. The molecule has 5 heteroatoms. The fraction of sp³-hybridized carbons (Fsp3) is 0.200. The Morgan fingerprint density at radius 2 is 2.00 bits per heavy atom. The van der Waals surface area contributed by atoms with Crippen molar-refractivity contribution in [3.8, 4) is 5.75 Å². The Hall–Kier alpha value is -3.08. The van der Waals surface area contributed by atoms with Gasteiger partial charge >= 0.3 is 0 Å². The van der Waals surface area contributed by atoms with Crippen molar-refractivity contribution in [3.05, 3.63) is 81.8 Å². The third-order valence-electron chi connectivity index (χ3n) is 3.61.